The third-order valence-corrected chi connectivity index (χ3v) is 3.53. The average Bonchev–Trinajstić information content (AvgIpc) is 2.96. The molecule has 3 N–H and O–H groups in total. The fourth-order valence-electron chi connectivity index (χ4n) is 2.50. The van der Waals surface area contributed by atoms with Gasteiger partial charge >= 0.3 is 0 Å². The van der Waals surface area contributed by atoms with Gasteiger partial charge in [0.15, 0.2) is 11.5 Å². The first-order chi connectivity index (χ1) is 10.3. The fraction of sp³-hybridized carbons (Fsp3) is 0.615. The van der Waals surface area contributed by atoms with E-state index in [2.05, 4.69) is 42.4 Å². The van der Waals surface area contributed by atoms with E-state index in [1.165, 1.54) is 0 Å². The second kappa shape index (κ2) is 6.23. The van der Waals surface area contributed by atoms with E-state index in [0.29, 0.717) is 11.6 Å². The summed E-state index contributed by atoms with van der Waals surface area (Å²) in [6, 6.07) is 0.272. The minimum atomic E-state index is 0.272. The molecule has 0 aliphatic carbocycles. The molecule has 2 aromatic rings. The predicted octanol–water partition coefficient (Wildman–Crippen LogP) is 0.527. The molecule has 1 saturated heterocycles. The van der Waals surface area contributed by atoms with E-state index in [4.69, 9.17) is 4.74 Å². The van der Waals surface area contributed by atoms with Gasteiger partial charge in [0.05, 0.1) is 19.5 Å². The lowest BCUT2D eigenvalue weighted by molar-refractivity contribution is 0.0368. The van der Waals surface area contributed by atoms with Crippen molar-refractivity contribution in [2.24, 2.45) is 0 Å². The SMILES string of the molecule is CNc1nc(NC(C)CN2CCOCC2)c2[nH]cnc2n1. The van der Waals surface area contributed by atoms with Crippen LogP contribution in [0.15, 0.2) is 6.33 Å². The smallest absolute Gasteiger partial charge is 0.226 e. The van der Waals surface area contributed by atoms with E-state index in [-0.39, 0.29) is 6.04 Å². The second-order valence-electron chi connectivity index (χ2n) is 5.21. The highest BCUT2D eigenvalue weighted by molar-refractivity contribution is 5.83. The van der Waals surface area contributed by atoms with Gasteiger partial charge in [0.1, 0.15) is 5.52 Å². The maximum atomic E-state index is 5.37. The summed E-state index contributed by atoms with van der Waals surface area (Å²) in [5, 5.41) is 6.41. The minimum absolute atomic E-state index is 0.272. The Kier molecular flexibility index (Phi) is 4.16. The van der Waals surface area contributed by atoms with E-state index >= 15 is 0 Å². The molecule has 0 amide bonds. The van der Waals surface area contributed by atoms with E-state index in [1.54, 1.807) is 13.4 Å². The molecule has 0 radical (unpaired) electrons. The van der Waals surface area contributed by atoms with Gasteiger partial charge < -0.3 is 20.4 Å². The molecular weight excluding hydrogens is 270 g/mol. The lowest BCUT2D eigenvalue weighted by Gasteiger charge is -2.29. The lowest BCUT2D eigenvalue weighted by Crippen LogP contribution is -2.42. The summed E-state index contributed by atoms with van der Waals surface area (Å²) < 4.78 is 5.37. The number of aromatic amines is 1. The first-order valence-electron chi connectivity index (χ1n) is 7.22. The monoisotopic (exact) mass is 291 g/mol. The van der Waals surface area contributed by atoms with Gasteiger partial charge in [-0.25, -0.2) is 4.98 Å². The Morgan fingerprint density at radius 2 is 2.19 bits per heavy atom. The van der Waals surface area contributed by atoms with Crippen LogP contribution in [0.1, 0.15) is 6.92 Å². The number of hydrogen-bond donors (Lipinski definition) is 3. The van der Waals surface area contributed by atoms with Crippen LogP contribution in [0, 0.1) is 0 Å². The molecule has 1 unspecified atom stereocenters. The topological polar surface area (TPSA) is 91.0 Å². The van der Waals surface area contributed by atoms with Crippen LogP contribution in [0.3, 0.4) is 0 Å². The van der Waals surface area contributed by atoms with Gasteiger partial charge in [0.25, 0.3) is 0 Å². The molecule has 21 heavy (non-hydrogen) atoms. The first-order valence-corrected chi connectivity index (χ1v) is 7.22. The number of aromatic nitrogens is 4. The Morgan fingerprint density at radius 3 is 2.95 bits per heavy atom. The number of anilines is 2. The summed E-state index contributed by atoms with van der Waals surface area (Å²) in [5.41, 5.74) is 1.50. The van der Waals surface area contributed by atoms with Crippen LogP contribution in [0.25, 0.3) is 11.2 Å². The van der Waals surface area contributed by atoms with Gasteiger partial charge in [0.2, 0.25) is 5.95 Å². The van der Waals surface area contributed by atoms with Crippen LogP contribution < -0.4 is 10.6 Å². The zero-order valence-corrected chi connectivity index (χ0v) is 12.4. The summed E-state index contributed by atoms with van der Waals surface area (Å²) in [6.45, 7) is 6.70. The number of rotatable bonds is 5. The lowest BCUT2D eigenvalue weighted by atomic mass is 10.3. The van der Waals surface area contributed by atoms with Crippen molar-refractivity contribution in [3.05, 3.63) is 6.33 Å². The molecule has 0 spiro atoms. The summed E-state index contributed by atoms with van der Waals surface area (Å²) in [7, 11) is 1.80. The maximum Gasteiger partial charge on any atom is 0.226 e. The number of H-pyrrole nitrogens is 1. The molecule has 8 nitrogen and oxygen atoms in total. The molecule has 1 aliphatic heterocycles. The summed E-state index contributed by atoms with van der Waals surface area (Å²) >= 11 is 0. The van der Waals surface area contributed by atoms with Crippen LogP contribution in [-0.4, -0.2) is 70.8 Å². The van der Waals surface area contributed by atoms with Gasteiger partial charge in [-0.1, -0.05) is 0 Å². The molecule has 0 saturated carbocycles. The van der Waals surface area contributed by atoms with E-state index in [1.807, 2.05) is 0 Å². The van der Waals surface area contributed by atoms with E-state index in [9.17, 15) is 0 Å². The van der Waals surface area contributed by atoms with Crippen molar-refractivity contribution in [3.63, 3.8) is 0 Å². The quantitative estimate of drug-likeness (QED) is 0.740. The zero-order chi connectivity index (χ0) is 14.7. The number of hydrogen-bond acceptors (Lipinski definition) is 7. The van der Waals surface area contributed by atoms with E-state index in [0.717, 1.165) is 44.2 Å². The highest BCUT2D eigenvalue weighted by Crippen LogP contribution is 2.19. The highest BCUT2D eigenvalue weighted by Gasteiger charge is 2.16. The second-order valence-corrected chi connectivity index (χ2v) is 5.21. The fourth-order valence-corrected chi connectivity index (χ4v) is 2.50. The summed E-state index contributed by atoms with van der Waals surface area (Å²) in [5.74, 6) is 1.35. The Morgan fingerprint density at radius 1 is 1.38 bits per heavy atom. The van der Waals surface area contributed by atoms with Crippen LogP contribution in [-0.2, 0) is 4.74 Å². The molecule has 3 rings (SSSR count). The number of fused-ring (bicyclic) bond motifs is 1. The third-order valence-electron chi connectivity index (χ3n) is 3.53. The number of nitrogens with one attached hydrogen (secondary N) is 3. The van der Waals surface area contributed by atoms with Crippen LogP contribution in [0.5, 0.6) is 0 Å². The number of morpholine rings is 1. The standard InChI is InChI=1S/C13H21N7O/c1-9(7-20-3-5-21-6-4-20)17-12-10-11(16-8-15-10)18-13(14-2)19-12/h8-9H,3-7H2,1-2H3,(H3,14,15,16,17,18,19). The Hall–Kier alpha value is -1.93. The summed E-state index contributed by atoms with van der Waals surface area (Å²) in [4.78, 5) is 18.5. The molecule has 8 heteroatoms. The van der Waals surface area contributed by atoms with Gasteiger partial charge in [-0.2, -0.15) is 9.97 Å². The van der Waals surface area contributed by atoms with Crippen LogP contribution in [0.4, 0.5) is 11.8 Å². The first kappa shape index (κ1) is 14.0. The normalized spacial score (nSPS) is 17.8. The van der Waals surface area contributed by atoms with Crippen LogP contribution in [0.2, 0.25) is 0 Å². The molecule has 0 bridgehead atoms. The summed E-state index contributed by atoms with van der Waals surface area (Å²) in [6.07, 6.45) is 1.64. The number of imidazole rings is 1. The van der Waals surface area contributed by atoms with Crippen molar-refractivity contribution in [3.8, 4) is 0 Å². The van der Waals surface area contributed by atoms with Gasteiger partial charge in [0, 0.05) is 32.7 Å². The zero-order valence-electron chi connectivity index (χ0n) is 12.4. The molecule has 114 valence electrons. The van der Waals surface area contributed by atoms with Gasteiger partial charge in [-0.3, -0.25) is 4.90 Å². The molecule has 0 aromatic carbocycles. The number of ether oxygens (including phenoxy) is 1. The maximum absolute atomic E-state index is 5.37. The van der Waals surface area contributed by atoms with Crippen molar-refractivity contribution in [2.75, 3.05) is 50.5 Å². The largest absolute Gasteiger partial charge is 0.379 e. The Balaban J connectivity index is 1.72. The molecule has 2 aromatic heterocycles. The predicted molar refractivity (Wildman–Crippen MR) is 81.6 cm³/mol. The minimum Gasteiger partial charge on any atom is -0.379 e. The van der Waals surface area contributed by atoms with Crippen molar-refractivity contribution in [2.45, 2.75) is 13.0 Å². The van der Waals surface area contributed by atoms with Crippen LogP contribution >= 0.6 is 0 Å². The molecule has 1 atom stereocenters. The van der Waals surface area contributed by atoms with Gasteiger partial charge in [-0.15, -0.1) is 0 Å². The number of nitrogens with zero attached hydrogens (tertiary/aromatic N) is 4. The van der Waals surface area contributed by atoms with Crippen molar-refractivity contribution in [1.29, 1.82) is 0 Å². The molecule has 1 fully saturated rings. The van der Waals surface area contributed by atoms with Gasteiger partial charge in [-0.05, 0) is 6.92 Å². The molecule has 1 aliphatic rings. The highest BCUT2D eigenvalue weighted by atomic mass is 16.5. The van der Waals surface area contributed by atoms with E-state index < -0.39 is 0 Å². The Bertz CT molecular complexity index is 593. The molecule has 3 heterocycles. The average molecular weight is 291 g/mol. The Labute approximate surface area is 123 Å². The third kappa shape index (κ3) is 3.22. The van der Waals surface area contributed by atoms with Crippen molar-refractivity contribution < 1.29 is 4.74 Å². The van der Waals surface area contributed by atoms with Crippen molar-refractivity contribution in [1.82, 2.24) is 24.8 Å². The molecular formula is C13H21N7O. The van der Waals surface area contributed by atoms with Crippen molar-refractivity contribution >= 4 is 22.9 Å².